The summed E-state index contributed by atoms with van der Waals surface area (Å²) in [5.74, 6) is 1.12. The van der Waals surface area contributed by atoms with Crippen molar-refractivity contribution in [1.82, 2.24) is 9.29 Å². The molecule has 3 rings (SSSR count). The molecule has 6 nitrogen and oxygen atoms in total. The van der Waals surface area contributed by atoms with Crippen LogP contribution in [0.25, 0.3) is 11.5 Å². The Bertz CT molecular complexity index is 1060. The maximum atomic E-state index is 13.0. The first-order valence-corrected chi connectivity index (χ1v) is 10.2. The van der Waals surface area contributed by atoms with E-state index in [4.69, 9.17) is 20.8 Å². The number of hydrogen-bond donors (Lipinski definition) is 0. The van der Waals surface area contributed by atoms with Gasteiger partial charge in [0.05, 0.1) is 24.2 Å². The van der Waals surface area contributed by atoms with Crippen LogP contribution in [0.4, 0.5) is 0 Å². The molecule has 0 spiro atoms. The summed E-state index contributed by atoms with van der Waals surface area (Å²) < 4.78 is 37.9. The van der Waals surface area contributed by atoms with E-state index in [0.717, 1.165) is 11.3 Å². The van der Waals surface area contributed by atoms with E-state index in [1.165, 1.54) is 28.8 Å². The molecule has 0 bridgehead atoms. The maximum absolute atomic E-state index is 13.0. The zero-order chi connectivity index (χ0) is 20.1. The van der Waals surface area contributed by atoms with Gasteiger partial charge in [-0.1, -0.05) is 23.7 Å². The summed E-state index contributed by atoms with van der Waals surface area (Å²) in [6, 6.07) is 13.4. The van der Waals surface area contributed by atoms with Crippen molar-refractivity contribution in [3.8, 4) is 17.2 Å². The Labute approximate surface area is 169 Å². The standard InChI is InChI=1S/C20H19ClN2O4S/c1-3-11-23(28(24,25)19-6-4-5-16(21)12-19)13-17-14-27-20(22-17)15-7-9-18(26-2)10-8-15/h3-10,12,14H,1,11,13H2,2H3. The molecule has 0 N–H and O–H groups in total. The monoisotopic (exact) mass is 418 g/mol. The molecule has 2 aromatic carbocycles. The highest BCUT2D eigenvalue weighted by molar-refractivity contribution is 7.89. The first-order valence-electron chi connectivity index (χ1n) is 8.39. The molecule has 1 heterocycles. The predicted molar refractivity (Wildman–Crippen MR) is 108 cm³/mol. The van der Waals surface area contributed by atoms with Crippen molar-refractivity contribution in [2.75, 3.05) is 13.7 Å². The van der Waals surface area contributed by atoms with Crippen LogP contribution in [-0.2, 0) is 16.6 Å². The Morgan fingerprint density at radius 1 is 1.25 bits per heavy atom. The minimum absolute atomic E-state index is 0.0422. The third kappa shape index (κ3) is 4.44. The van der Waals surface area contributed by atoms with E-state index < -0.39 is 10.0 Å². The number of halogens is 1. The number of aromatic nitrogens is 1. The van der Waals surface area contributed by atoms with Crippen LogP contribution in [0.5, 0.6) is 5.75 Å². The van der Waals surface area contributed by atoms with E-state index in [1.807, 2.05) is 12.1 Å². The second kappa shape index (κ2) is 8.60. The molecular weight excluding hydrogens is 400 g/mol. The van der Waals surface area contributed by atoms with Gasteiger partial charge in [0.1, 0.15) is 12.0 Å². The van der Waals surface area contributed by atoms with Gasteiger partial charge < -0.3 is 9.15 Å². The van der Waals surface area contributed by atoms with Crippen LogP contribution < -0.4 is 4.74 Å². The van der Waals surface area contributed by atoms with E-state index in [1.54, 1.807) is 31.4 Å². The van der Waals surface area contributed by atoms with Crippen molar-refractivity contribution in [3.05, 3.63) is 78.2 Å². The first-order chi connectivity index (χ1) is 13.4. The number of rotatable bonds is 8. The summed E-state index contributed by atoms with van der Waals surface area (Å²) >= 11 is 5.95. The highest BCUT2D eigenvalue weighted by Crippen LogP contribution is 2.24. The van der Waals surface area contributed by atoms with Crippen molar-refractivity contribution >= 4 is 21.6 Å². The Kier molecular flexibility index (Phi) is 6.18. The smallest absolute Gasteiger partial charge is 0.243 e. The topological polar surface area (TPSA) is 72.6 Å². The van der Waals surface area contributed by atoms with Gasteiger partial charge in [0.2, 0.25) is 15.9 Å². The normalized spacial score (nSPS) is 11.5. The first kappa shape index (κ1) is 20.1. The fraction of sp³-hybridized carbons (Fsp3) is 0.150. The fourth-order valence-corrected chi connectivity index (χ4v) is 4.28. The molecule has 0 saturated heterocycles. The average molecular weight is 419 g/mol. The third-order valence-electron chi connectivity index (χ3n) is 3.99. The zero-order valence-corrected chi connectivity index (χ0v) is 16.8. The van der Waals surface area contributed by atoms with Gasteiger partial charge in [-0.15, -0.1) is 6.58 Å². The van der Waals surface area contributed by atoms with Crippen molar-refractivity contribution in [2.45, 2.75) is 11.4 Å². The largest absolute Gasteiger partial charge is 0.497 e. The van der Waals surface area contributed by atoms with E-state index in [9.17, 15) is 8.42 Å². The number of sulfonamides is 1. The second-order valence-electron chi connectivity index (χ2n) is 5.92. The summed E-state index contributed by atoms with van der Waals surface area (Å²) in [6.07, 6.45) is 2.97. The molecule has 0 saturated carbocycles. The lowest BCUT2D eigenvalue weighted by Crippen LogP contribution is -2.31. The highest BCUT2D eigenvalue weighted by atomic mass is 35.5. The number of oxazole rings is 1. The highest BCUT2D eigenvalue weighted by Gasteiger charge is 2.25. The summed E-state index contributed by atoms with van der Waals surface area (Å²) in [5.41, 5.74) is 1.25. The number of nitrogens with zero attached hydrogens (tertiary/aromatic N) is 2. The van der Waals surface area contributed by atoms with Crippen LogP contribution in [0.15, 0.2) is 76.8 Å². The zero-order valence-electron chi connectivity index (χ0n) is 15.2. The SMILES string of the molecule is C=CCN(Cc1coc(-c2ccc(OC)cc2)n1)S(=O)(=O)c1cccc(Cl)c1. The third-order valence-corrected chi connectivity index (χ3v) is 6.04. The molecule has 0 aliphatic heterocycles. The van der Waals surface area contributed by atoms with E-state index in [0.29, 0.717) is 16.6 Å². The van der Waals surface area contributed by atoms with E-state index >= 15 is 0 Å². The van der Waals surface area contributed by atoms with Crippen LogP contribution in [0, 0.1) is 0 Å². The van der Waals surface area contributed by atoms with Crippen molar-refractivity contribution in [2.24, 2.45) is 0 Å². The average Bonchev–Trinajstić information content (AvgIpc) is 3.16. The lowest BCUT2D eigenvalue weighted by Gasteiger charge is -2.19. The molecule has 28 heavy (non-hydrogen) atoms. The molecule has 0 aliphatic rings. The molecule has 0 radical (unpaired) electrons. The quantitative estimate of drug-likeness (QED) is 0.507. The van der Waals surface area contributed by atoms with Gasteiger partial charge in [0.15, 0.2) is 0 Å². The van der Waals surface area contributed by atoms with Crippen LogP contribution in [0.3, 0.4) is 0 Å². The molecule has 146 valence electrons. The summed E-state index contributed by atoms with van der Waals surface area (Å²) in [4.78, 5) is 4.52. The molecule has 0 amide bonds. The minimum atomic E-state index is -3.77. The molecule has 0 aliphatic carbocycles. The van der Waals surface area contributed by atoms with Gasteiger partial charge in [0.25, 0.3) is 0 Å². The van der Waals surface area contributed by atoms with Gasteiger partial charge in [-0.3, -0.25) is 0 Å². The molecule has 0 fully saturated rings. The maximum Gasteiger partial charge on any atom is 0.243 e. The summed E-state index contributed by atoms with van der Waals surface area (Å²) in [6.45, 7) is 3.81. The molecule has 3 aromatic rings. The Balaban J connectivity index is 1.85. The Hall–Kier alpha value is -2.61. The molecular formula is C20H19ClN2O4S. The number of hydrogen-bond acceptors (Lipinski definition) is 5. The lowest BCUT2D eigenvalue weighted by molar-refractivity contribution is 0.415. The second-order valence-corrected chi connectivity index (χ2v) is 8.29. The molecule has 1 aromatic heterocycles. The molecule has 8 heteroatoms. The van der Waals surface area contributed by atoms with Gasteiger partial charge >= 0.3 is 0 Å². The van der Waals surface area contributed by atoms with Crippen LogP contribution >= 0.6 is 11.6 Å². The Morgan fingerprint density at radius 2 is 2.00 bits per heavy atom. The van der Waals surface area contributed by atoms with Crippen molar-refractivity contribution < 1.29 is 17.6 Å². The van der Waals surface area contributed by atoms with Crippen molar-refractivity contribution in [3.63, 3.8) is 0 Å². The summed E-state index contributed by atoms with van der Waals surface area (Å²) in [7, 11) is -2.18. The van der Waals surface area contributed by atoms with Crippen LogP contribution in [0.2, 0.25) is 5.02 Å². The molecule has 0 unspecified atom stereocenters. The number of benzene rings is 2. The van der Waals surface area contributed by atoms with E-state index in [2.05, 4.69) is 11.6 Å². The van der Waals surface area contributed by atoms with Crippen LogP contribution in [-0.4, -0.2) is 31.4 Å². The van der Waals surface area contributed by atoms with Crippen molar-refractivity contribution in [1.29, 1.82) is 0 Å². The number of ether oxygens (including phenoxy) is 1. The van der Waals surface area contributed by atoms with Gasteiger partial charge in [-0.25, -0.2) is 13.4 Å². The minimum Gasteiger partial charge on any atom is -0.497 e. The van der Waals surface area contributed by atoms with Gasteiger partial charge in [-0.2, -0.15) is 4.31 Å². The number of methoxy groups -OCH3 is 1. The fourth-order valence-electron chi connectivity index (χ4n) is 2.59. The predicted octanol–water partition coefficient (Wildman–Crippen LogP) is 4.38. The lowest BCUT2D eigenvalue weighted by atomic mass is 10.2. The molecule has 0 atom stereocenters. The Morgan fingerprint density at radius 3 is 2.64 bits per heavy atom. The summed E-state index contributed by atoms with van der Waals surface area (Å²) in [5, 5.41) is 0.350. The van der Waals surface area contributed by atoms with Gasteiger partial charge in [0, 0.05) is 17.1 Å². The van der Waals surface area contributed by atoms with Gasteiger partial charge in [-0.05, 0) is 42.5 Å². The van der Waals surface area contributed by atoms with E-state index in [-0.39, 0.29) is 18.0 Å². The van der Waals surface area contributed by atoms with Crippen LogP contribution in [0.1, 0.15) is 5.69 Å².